The highest BCUT2D eigenvalue weighted by Crippen LogP contribution is 2.51. The van der Waals surface area contributed by atoms with Gasteiger partial charge in [0.2, 0.25) is 0 Å². The number of methoxy groups -OCH3 is 1. The number of rotatable bonds is 9. The van der Waals surface area contributed by atoms with Crippen LogP contribution in [0, 0.1) is 5.92 Å². The van der Waals surface area contributed by atoms with Gasteiger partial charge in [-0.15, -0.1) is 0 Å². The number of carbonyl (C=O) groups is 2. The van der Waals surface area contributed by atoms with Gasteiger partial charge in [0, 0.05) is 22.5 Å². The van der Waals surface area contributed by atoms with E-state index in [1.165, 1.54) is 42.3 Å². The molecule has 0 saturated heterocycles. The predicted octanol–water partition coefficient (Wildman–Crippen LogP) is 10.00. The number of benzene rings is 2. The highest BCUT2D eigenvalue weighted by Gasteiger charge is 2.36. The van der Waals surface area contributed by atoms with Gasteiger partial charge >= 0.3 is 11.9 Å². The first kappa shape index (κ1) is 34.1. The Labute approximate surface area is 295 Å². The summed E-state index contributed by atoms with van der Waals surface area (Å²) in [7, 11) is 1.70. The van der Waals surface area contributed by atoms with Crippen LogP contribution in [0.15, 0.2) is 42.7 Å². The van der Waals surface area contributed by atoms with Gasteiger partial charge in [-0.05, 0) is 125 Å². The Morgan fingerprint density at radius 3 is 2.44 bits per heavy atom. The fourth-order valence-corrected chi connectivity index (χ4v) is 8.49. The maximum atomic E-state index is 13.5. The van der Waals surface area contributed by atoms with Crippen LogP contribution in [-0.2, 0) is 16.0 Å². The molecule has 2 aromatic carbocycles. The topological polar surface area (TPSA) is 84.6 Å². The molecule has 50 heavy (non-hydrogen) atoms. The molecule has 2 atom stereocenters. The molecule has 2 fully saturated rings. The number of esters is 2. The third-order valence-corrected chi connectivity index (χ3v) is 10.9. The SMILES string of the molecule is CCCC1CCCCC1c1c2n(c3cc(C(=O)OC(C)(C)C)ccc13)CC(c1c(C(=O)OCC)ncn1C1CCC1)=Cc1cc(OC)ccc1-2. The van der Waals surface area contributed by atoms with Gasteiger partial charge in [0.1, 0.15) is 11.4 Å². The normalized spacial score (nSPS) is 19.2. The maximum Gasteiger partial charge on any atom is 0.359 e. The van der Waals surface area contributed by atoms with Crippen LogP contribution in [-0.4, -0.2) is 45.4 Å². The summed E-state index contributed by atoms with van der Waals surface area (Å²) < 4.78 is 21.8. The molecular formula is C42H51N3O5. The van der Waals surface area contributed by atoms with Crippen molar-refractivity contribution in [3.05, 3.63) is 70.8 Å². The largest absolute Gasteiger partial charge is 0.497 e. The zero-order chi connectivity index (χ0) is 35.2. The van der Waals surface area contributed by atoms with Crippen LogP contribution in [0.5, 0.6) is 5.75 Å². The second kappa shape index (κ2) is 13.8. The second-order valence-electron chi connectivity index (χ2n) is 15.3. The van der Waals surface area contributed by atoms with Crippen LogP contribution in [0.3, 0.4) is 0 Å². The summed E-state index contributed by atoms with van der Waals surface area (Å²) in [5.41, 5.74) is 7.77. The van der Waals surface area contributed by atoms with E-state index in [-0.39, 0.29) is 18.6 Å². The zero-order valence-electron chi connectivity index (χ0n) is 30.5. The van der Waals surface area contributed by atoms with E-state index in [0.717, 1.165) is 65.8 Å². The van der Waals surface area contributed by atoms with Crippen molar-refractivity contribution in [3.8, 4) is 17.0 Å². The van der Waals surface area contributed by atoms with E-state index < -0.39 is 11.6 Å². The van der Waals surface area contributed by atoms with E-state index in [1.54, 1.807) is 7.11 Å². The van der Waals surface area contributed by atoms with Crippen molar-refractivity contribution < 1.29 is 23.8 Å². The Kier molecular flexibility index (Phi) is 9.40. The number of carbonyl (C=O) groups excluding carboxylic acids is 2. The van der Waals surface area contributed by atoms with Gasteiger partial charge in [0.15, 0.2) is 5.69 Å². The molecule has 2 unspecified atom stereocenters. The van der Waals surface area contributed by atoms with Crippen molar-refractivity contribution in [3.63, 3.8) is 0 Å². The quantitative estimate of drug-likeness (QED) is 0.164. The van der Waals surface area contributed by atoms with E-state index in [1.807, 2.05) is 52.2 Å². The van der Waals surface area contributed by atoms with Crippen molar-refractivity contribution in [1.82, 2.24) is 14.1 Å². The van der Waals surface area contributed by atoms with Crippen molar-refractivity contribution in [2.75, 3.05) is 13.7 Å². The standard InChI is InChI=1S/C42H51N3O5/c1-7-12-26-13-9-10-16-32(26)36-34-19-17-27(40(46)50-42(3,4)5)23-35(34)44-24-29(21-28-22-31(48-6)18-20-33(28)39(36)44)38-37(41(47)49-8-2)43-25-45(38)30-14-11-15-30/h17-23,25-26,30,32H,7-16,24H2,1-6H3. The molecule has 2 aliphatic carbocycles. The van der Waals surface area contributed by atoms with Crippen LogP contribution < -0.4 is 4.74 Å². The first-order chi connectivity index (χ1) is 24.1. The average molecular weight is 678 g/mol. The van der Waals surface area contributed by atoms with Gasteiger partial charge in [0.05, 0.1) is 43.5 Å². The number of hydrogen-bond acceptors (Lipinski definition) is 6. The molecule has 264 valence electrons. The summed E-state index contributed by atoms with van der Waals surface area (Å²) in [6, 6.07) is 12.7. The number of ether oxygens (including phenoxy) is 3. The Morgan fingerprint density at radius 2 is 1.74 bits per heavy atom. The summed E-state index contributed by atoms with van der Waals surface area (Å²) in [6.07, 6.45) is 14.5. The molecule has 0 bridgehead atoms. The number of aromatic nitrogens is 3. The van der Waals surface area contributed by atoms with Crippen molar-refractivity contribution in [2.45, 2.75) is 117 Å². The minimum absolute atomic E-state index is 0.275. The summed E-state index contributed by atoms with van der Waals surface area (Å²) in [4.78, 5) is 31.7. The van der Waals surface area contributed by atoms with Crippen molar-refractivity contribution in [1.29, 1.82) is 0 Å². The molecule has 3 heterocycles. The number of allylic oxidation sites excluding steroid dienone is 1. The molecule has 0 N–H and O–H groups in total. The van der Waals surface area contributed by atoms with E-state index in [0.29, 0.717) is 29.6 Å². The highest BCUT2D eigenvalue weighted by molar-refractivity contribution is 6.03. The molecular weight excluding hydrogens is 626 g/mol. The molecule has 0 radical (unpaired) electrons. The lowest BCUT2D eigenvalue weighted by Gasteiger charge is -2.33. The minimum Gasteiger partial charge on any atom is -0.497 e. The van der Waals surface area contributed by atoms with E-state index in [2.05, 4.69) is 45.3 Å². The fraction of sp³-hybridized carbons (Fsp3) is 0.500. The second-order valence-corrected chi connectivity index (χ2v) is 15.3. The molecule has 2 saturated carbocycles. The molecule has 8 nitrogen and oxygen atoms in total. The zero-order valence-corrected chi connectivity index (χ0v) is 30.5. The number of fused-ring (bicyclic) bond motifs is 5. The molecule has 3 aliphatic rings. The molecule has 4 aromatic rings. The molecule has 0 amide bonds. The summed E-state index contributed by atoms with van der Waals surface area (Å²) in [5.74, 6) is 1.01. The van der Waals surface area contributed by atoms with Gasteiger partial charge in [-0.3, -0.25) is 0 Å². The number of hydrogen-bond donors (Lipinski definition) is 0. The summed E-state index contributed by atoms with van der Waals surface area (Å²) >= 11 is 0. The first-order valence-corrected chi connectivity index (χ1v) is 18.6. The monoisotopic (exact) mass is 677 g/mol. The summed E-state index contributed by atoms with van der Waals surface area (Å²) in [6.45, 7) is 10.6. The summed E-state index contributed by atoms with van der Waals surface area (Å²) in [5, 5.41) is 1.18. The van der Waals surface area contributed by atoms with Gasteiger partial charge < -0.3 is 23.3 Å². The third kappa shape index (κ3) is 6.26. The molecule has 2 aromatic heterocycles. The lowest BCUT2D eigenvalue weighted by molar-refractivity contribution is 0.00693. The Bertz CT molecular complexity index is 1950. The van der Waals surface area contributed by atoms with E-state index >= 15 is 0 Å². The van der Waals surface area contributed by atoms with Gasteiger partial charge in [-0.25, -0.2) is 14.6 Å². The lowest BCUT2D eigenvalue weighted by atomic mass is 9.72. The van der Waals surface area contributed by atoms with Crippen LogP contribution in [0.1, 0.15) is 142 Å². The molecule has 7 rings (SSSR count). The lowest BCUT2D eigenvalue weighted by Crippen LogP contribution is -2.23. The number of imidazole rings is 1. The Balaban J connectivity index is 1.51. The Morgan fingerprint density at radius 1 is 0.940 bits per heavy atom. The van der Waals surface area contributed by atoms with E-state index in [4.69, 9.17) is 14.2 Å². The van der Waals surface area contributed by atoms with Crippen molar-refractivity contribution >= 4 is 34.5 Å². The maximum absolute atomic E-state index is 13.5. The van der Waals surface area contributed by atoms with E-state index in [9.17, 15) is 9.59 Å². The van der Waals surface area contributed by atoms with Crippen LogP contribution in [0.2, 0.25) is 0 Å². The van der Waals surface area contributed by atoms with Crippen LogP contribution in [0.4, 0.5) is 0 Å². The van der Waals surface area contributed by atoms with Gasteiger partial charge in [-0.1, -0.05) is 38.7 Å². The van der Waals surface area contributed by atoms with Crippen LogP contribution in [0.25, 0.3) is 33.8 Å². The predicted molar refractivity (Wildman–Crippen MR) is 198 cm³/mol. The van der Waals surface area contributed by atoms with Gasteiger partial charge in [-0.2, -0.15) is 0 Å². The van der Waals surface area contributed by atoms with Crippen molar-refractivity contribution in [2.24, 2.45) is 5.92 Å². The number of nitrogens with zero attached hydrogens (tertiary/aromatic N) is 3. The average Bonchev–Trinajstić information content (AvgIpc) is 3.57. The smallest absolute Gasteiger partial charge is 0.359 e. The Hall–Kier alpha value is -4.33. The minimum atomic E-state index is -0.611. The third-order valence-electron chi connectivity index (χ3n) is 10.9. The highest BCUT2D eigenvalue weighted by atomic mass is 16.6. The van der Waals surface area contributed by atoms with Crippen LogP contribution >= 0.6 is 0 Å². The molecule has 8 heteroatoms. The fourth-order valence-electron chi connectivity index (χ4n) is 8.49. The molecule has 0 spiro atoms. The van der Waals surface area contributed by atoms with Gasteiger partial charge in [0.25, 0.3) is 0 Å². The molecule has 1 aliphatic heterocycles. The first-order valence-electron chi connectivity index (χ1n) is 18.6.